The van der Waals surface area contributed by atoms with Crippen LogP contribution in [0.4, 0.5) is 0 Å². The van der Waals surface area contributed by atoms with Gasteiger partial charge in [-0.15, -0.1) is 0 Å². The molecule has 1 saturated carbocycles. The number of nitrogens with zero attached hydrogens (tertiary/aromatic N) is 1. The normalized spacial score (nSPS) is 20.3. The van der Waals surface area contributed by atoms with Crippen molar-refractivity contribution in [3.8, 4) is 0 Å². The maximum atomic E-state index is 5.92. The molecule has 1 aromatic carbocycles. The highest BCUT2D eigenvalue weighted by Crippen LogP contribution is 2.55. The van der Waals surface area contributed by atoms with Crippen LogP contribution in [0.1, 0.15) is 24.4 Å². The molecule has 0 bridgehead atoms. The van der Waals surface area contributed by atoms with Gasteiger partial charge in [-0.25, -0.2) is 0 Å². The van der Waals surface area contributed by atoms with Gasteiger partial charge in [0, 0.05) is 11.5 Å². The van der Waals surface area contributed by atoms with Crippen LogP contribution in [-0.4, -0.2) is 25.5 Å². The van der Waals surface area contributed by atoms with E-state index in [1.165, 1.54) is 18.4 Å². The Hall–Kier alpha value is -0.860. The van der Waals surface area contributed by atoms with Crippen LogP contribution in [0.25, 0.3) is 0 Å². The van der Waals surface area contributed by atoms with Crippen molar-refractivity contribution in [2.45, 2.75) is 18.9 Å². The van der Waals surface area contributed by atoms with E-state index < -0.39 is 0 Å². The Morgan fingerprint density at radius 3 is 2.27 bits per heavy atom. The molecule has 1 atom stereocenters. The van der Waals surface area contributed by atoms with Crippen molar-refractivity contribution in [3.05, 3.63) is 35.9 Å². The molecule has 1 aliphatic carbocycles. The molecule has 15 heavy (non-hydrogen) atoms. The Balaban J connectivity index is 2.29. The molecule has 0 amide bonds. The molecule has 0 saturated heterocycles. The van der Waals surface area contributed by atoms with Crippen LogP contribution in [0.15, 0.2) is 30.3 Å². The number of hydrogen-bond acceptors (Lipinski definition) is 2. The van der Waals surface area contributed by atoms with Crippen LogP contribution in [0, 0.1) is 5.41 Å². The summed E-state index contributed by atoms with van der Waals surface area (Å²) >= 11 is 0. The minimum atomic E-state index is 0.338. The maximum absolute atomic E-state index is 5.92. The average molecular weight is 204 g/mol. The van der Waals surface area contributed by atoms with Gasteiger partial charge < -0.3 is 10.6 Å². The SMILES string of the molecule is CN(C)C(c1ccccc1)C1(CN)CC1. The van der Waals surface area contributed by atoms with E-state index in [-0.39, 0.29) is 0 Å². The first-order valence-corrected chi connectivity index (χ1v) is 5.61. The Labute approximate surface area is 92.1 Å². The molecule has 2 rings (SSSR count). The number of rotatable bonds is 4. The molecule has 2 nitrogen and oxygen atoms in total. The summed E-state index contributed by atoms with van der Waals surface area (Å²) < 4.78 is 0. The summed E-state index contributed by atoms with van der Waals surface area (Å²) in [5.74, 6) is 0. The van der Waals surface area contributed by atoms with E-state index in [4.69, 9.17) is 5.73 Å². The van der Waals surface area contributed by atoms with Crippen LogP contribution < -0.4 is 5.73 Å². The van der Waals surface area contributed by atoms with Gasteiger partial charge in [-0.05, 0) is 39.0 Å². The minimum absolute atomic E-state index is 0.338. The number of benzene rings is 1. The van der Waals surface area contributed by atoms with Crippen molar-refractivity contribution < 1.29 is 0 Å². The molecule has 0 aliphatic heterocycles. The van der Waals surface area contributed by atoms with E-state index in [9.17, 15) is 0 Å². The highest BCUT2D eigenvalue weighted by molar-refractivity contribution is 5.24. The Morgan fingerprint density at radius 2 is 1.87 bits per heavy atom. The van der Waals surface area contributed by atoms with Gasteiger partial charge in [-0.1, -0.05) is 30.3 Å². The van der Waals surface area contributed by atoms with Crippen LogP contribution in [0.2, 0.25) is 0 Å². The average Bonchev–Trinajstić information content (AvgIpc) is 3.00. The lowest BCUT2D eigenvalue weighted by atomic mass is 9.89. The predicted octanol–water partition coefficient (Wildman–Crippen LogP) is 2.03. The van der Waals surface area contributed by atoms with E-state index in [0.29, 0.717) is 11.5 Å². The van der Waals surface area contributed by atoms with Gasteiger partial charge >= 0.3 is 0 Å². The first kappa shape index (κ1) is 10.7. The lowest BCUT2D eigenvalue weighted by molar-refractivity contribution is 0.198. The summed E-state index contributed by atoms with van der Waals surface area (Å²) in [6, 6.07) is 11.2. The van der Waals surface area contributed by atoms with E-state index >= 15 is 0 Å². The summed E-state index contributed by atoms with van der Waals surface area (Å²) in [7, 11) is 4.29. The third-order valence-electron chi connectivity index (χ3n) is 3.51. The lowest BCUT2D eigenvalue weighted by Gasteiger charge is -2.32. The van der Waals surface area contributed by atoms with Gasteiger partial charge in [-0.3, -0.25) is 0 Å². The number of hydrogen-bond donors (Lipinski definition) is 1. The Morgan fingerprint density at radius 1 is 1.27 bits per heavy atom. The third kappa shape index (κ3) is 1.92. The molecule has 2 heteroatoms. The summed E-state index contributed by atoms with van der Waals surface area (Å²) in [6.45, 7) is 0.796. The molecule has 2 N–H and O–H groups in total. The standard InChI is InChI=1S/C13H20N2/c1-15(2)12(13(10-14)8-9-13)11-6-4-3-5-7-11/h3-7,12H,8-10,14H2,1-2H3. The zero-order valence-electron chi connectivity index (χ0n) is 9.61. The molecule has 1 unspecified atom stereocenters. The van der Waals surface area contributed by atoms with Gasteiger partial charge in [-0.2, -0.15) is 0 Å². The van der Waals surface area contributed by atoms with Crippen molar-refractivity contribution in [2.24, 2.45) is 11.1 Å². The maximum Gasteiger partial charge on any atom is 0.0410 e. The second-order valence-corrected chi connectivity index (χ2v) is 4.84. The van der Waals surface area contributed by atoms with Gasteiger partial charge in [0.2, 0.25) is 0 Å². The van der Waals surface area contributed by atoms with Crippen LogP contribution in [-0.2, 0) is 0 Å². The first-order valence-electron chi connectivity index (χ1n) is 5.61. The summed E-state index contributed by atoms with van der Waals surface area (Å²) in [6.07, 6.45) is 2.53. The molecule has 82 valence electrons. The van der Waals surface area contributed by atoms with Gasteiger partial charge in [0.05, 0.1) is 0 Å². The molecule has 0 spiro atoms. The van der Waals surface area contributed by atoms with E-state index in [1.54, 1.807) is 0 Å². The topological polar surface area (TPSA) is 29.3 Å². The van der Waals surface area contributed by atoms with E-state index in [2.05, 4.69) is 49.3 Å². The van der Waals surface area contributed by atoms with Crippen LogP contribution >= 0.6 is 0 Å². The fourth-order valence-corrected chi connectivity index (χ4v) is 2.58. The molecule has 1 aliphatic rings. The summed E-state index contributed by atoms with van der Waals surface area (Å²) in [4.78, 5) is 2.30. The van der Waals surface area contributed by atoms with Gasteiger partial charge in [0.15, 0.2) is 0 Å². The molecule has 0 radical (unpaired) electrons. The minimum Gasteiger partial charge on any atom is -0.330 e. The van der Waals surface area contributed by atoms with Crippen molar-refractivity contribution in [1.29, 1.82) is 0 Å². The first-order chi connectivity index (χ1) is 7.19. The molecule has 1 aromatic rings. The zero-order chi connectivity index (χ0) is 10.9. The van der Waals surface area contributed by atoms with Crippen molar-refractivity contribution in [2.75, 3.05) is 20.6 Å². The van der Waals surface area contributed by atoms with E-state index in [0.717, 1.165) is 6.54 Å². The monoisotopic (exact) mass is 204 g/mol. The molecule has 0 aromatic heterocycles. The van der Waals surface area contributed by atoms with Crippen LogP contribution in [0.3, 0.4) is 0 Å². The number of nitrogens with two attached hydrogens (primary N) is 1. The fraction of sp³-hybridized carbons (Fsp3) is 0.538. The van der Waals surface area contributed by atoms with Crippen molar-refractivity contribution in [3.63, 3.8) is 0 Å². The molecular weight excluding hydrogens is 184 g/mol. The predicted molar refractivity (Wildman–Crippen MR) is 63.6 cm³/mol. The quantitative estimate of drug-likeness (QED) is 0.813. The van der Waals surface area contributed by atoms with Gasteiger partial charge in [0.1, 0.15) is 0 Å². The molecule has 1 fully saturated rings. The van der Waals surface area contributed by atoms with Crippen molar-refractivity contribution in [1.82, 2.24) is 4.90 Å². The second kappa shape index (κ2) is 3.95. The van der Waals surface area contributed by atoms with Gasteiger partial charge in [0.25, 0.3) is 0 Å². The molecule has 0 heterocycles. The highest BCUT2D eigenvalue weighted by atomic mass is 15.1. The van der Waals surface area contributed by atoms with Crippen LogP contribution in [0.5, 0.6) is 0 Å². The zero-order valence-corrected chi connectivity index (χ0v) is 9.61. The Kier molecular flexibility index (Phi) is 2.81. The fourth-order valence-electron chi connectivity index (χ4n) is 2.58. The summed E-state index contributed by atoms with van der Waals surface area (Å²) in [5.41, 5.74) is 7.65. The second-order valence-electron chi connectivity index (χ2n) is 4.84. The highest BCUT2D eigenvalue weighted by Gasteiger charge is 2.49. The summed E-state index contributed by atoms with van der Waals surface area (Å²) in [5, 5.41) is 0. The van der Waals surface area contributed by atoms with Crippen molar-refractivity contribution >= 4 is 0 Å². The third-order valence-corrected chi connectivity index (χ3v) is 3.51. The van der Waals surface area contributed by atoms with E-state index in [1.807, 2.05) is 0 Å². The largest absolute Gasteiger partial charge is 0.330 e. The Bertz CT molecular complexity index is 315. The lowest BCUT2D eigenvalue weighted by Crippen LogP contribution is -2.33. The molecular formula is C13H20N2. The smallest absolute Gasteiger partial charge is 0.0410 e.